The minimum atomic E-state index is -0.661. The molecule has 3 rings (SSSR count). The van der Waals surface area contributed by atoms with E-state index in [0.29, 0.717) is 35.4 Å². The highest BCUT2D eigenvalue weighted by atomic mass is 35.5. The van der Waals surface area contributed by atoms with Crippen LogP contribution in [0.1, 0.15) is 35.3 Å². The van der Waals surface area contributed by atoms with E-state index in [1.807, 2.05) is 30.3 Å². The zero-order chi connectivity index (χ0) is 23.8. The molecule has 1 amide bonds. The van der Waals surface area contributed by atoms with E-state index in [0.717, 1.165) is 28.7 Å². The van der Waals surface area contributed by atoms with Gasteiger partial charge in [-0.15, -0.1) is 0 Å². The Labute approximate surface area is 204 Å². The molecular formula is C25H28Cl2N4O2. The largest absolute Gasteiger partial charge is 0.387 e. The lowest BCUT2D eigenvalue weighted by molar-refractivity contribution is -0.120. The third-order valence-corrected chi connectivity index (χ3v) is 5.96. The van der Waals surface area contributed by atoms with E-state index in [1.165, 1.54) is 0 Å². The molecule has 1 aromatic heterocycles. The van der Waals surface area contributed by atoms with Gasteiger partial charge in [0.1, 0.15) is 5.82 Å². The Kier molecular flexibility index (Phi) is 9.09. The lowest BCUT2D eigenvalue weighted by atomic mass is 10.0. The van der Waals surface area contributed by atoms with Gasteiger partial charge >= 0.3 is 0 Å². The lowest BCUT2D eigenvalue weighted by Crippen LogP contribution is -2.32. The SMILES string of the molecule is C[C@H](Cc1cccc(CC(=O)NCc2ccc(Cl)c(Cl)c2)c1)NC[C@@H](O)c1ccc(N)nc1. The molecule has 0 unspecified atom stereocenters. The molecule has 0 saturated carbocycles. The van der Waals surface area contributed by atoms with Gasteiger partial charge in [0.15, 0.2) is 0 Å². The van der Waals surface area contributed by atoms with Crippen molar-refractivity contribution in [3.05, 3.63) is 93.1 Å². The van der Waals surface area contributed by atoms with Gasteiger partial charge in [-0.3, -0.25) is 4.79 Å². The number of aromatic nitrogens is 1. The van der Waals surface area contributed by atoms with Crippen LogP contribution in [0.5, 0.6) is 0 Å². The van der Waals surface area contributed by atoms with Gasteiger partial charge in [0.25, 0.3) is 0 Å². The zero-order valence-corrected chi connectivity index (χ0v) is 19.9. The highest BCUT2D eigenvalue weighted by Gasteiger charge is 2.11. The second-order valence-corrected chi connectivity index (χ2v) is 8.88. The molecule has 0 aliphatic heterocycles. The molecule has 174 valence electrons. The smallest absolute Gasteiger partial charge is 0.224 e. The Morgan fingerprint density at radius 2 is 1.85 bits per heavy atom. The molecule has 3 aromatic rings. The number of anilines is 1. The Balaban J connectivity index is 1.46. The van der Waals surface area contributed by atoms with Gasteiger partial charge in [0.05, 0.1) is 22.6 Å². The molecule has 0 spiro atoms. The molecular weight excluding hydrogens is 459 g/mol. The number of carbonyl (C=O) groups is 1. The number of nitrogen functional groups attached to an aromatic ring is 1. The van der Waals surface area contributed by atoms with Crippen molar-refractivity contribution in [3.63, 3.8) is 0 Å². The van der Waals surface area contributed by atoms with Crippen molar-refractivity contribution in [3.8, 4) is 0 Å². The second-order valence-electron chi connectivity index (χ2n) is 8.07. The minimum absolute atomic E-state index is 0.0652. The van der Waals surface area contributed by atoms with Gasteiger partial charge in [-0.2, -0.15) is 0 Å². The summed E-state index contributed by atoms with van der Waals surface area (Å²) in [5.41, 5.74) is 9.26. The van der Waals surface area contributed by atoms with Crippen molar-refractivity contribution in [2.45, 2.75) is 38.5 Å². The van der Waals surface area contributed by atoms with Crippen LogP contribution in [0.25, 0.3) is 0 Å². The maximum atomic E-state index is 12.4. The summed E-state index contributed by atoms with van der Waals surface area (Å²) in [5.74, 6) is 0.361. The maximum Gasteiger partial charge on any atom is 0.224 e. The van der Waals surface area contributed by atoms with Crippen LogP contribution in [0.2, 0.25) is 10.0 Å². The van der Waals surface area contributed by atoms with Crippen molar-refractivity contribution in [1.82, 2.24) is 15.6 Å². The van der Waals surface area contributed by atoms with Gasteiger partial charge in [-0.25, -0.2) is 4.98 Å². The van der Waals surface area contributed by atoms with Gasteiger partial charge in [0, 0.05) is 30.9 Å². The van der Waals surface area contributed by atoms with Gasteiger partial charge in [-0.1, -0.05) is 59.6 Å². The summed E-state index contributed by atoms with van der Waals surface area (Å²) in [6.45, 7) is 2.86. The predicted octanol–water partition coefficient (Wildman–Crippen LogP) is 4.08. The summed E-state index contributed by atoms with van der Waals surface area (Å²) < 4.78 is 0. The fourth-order valence-electron chi connectivity index (χ4n) is 3.43. The first kappa shape index (κ1) is 25.0. The molecule has 0 saturated heterocycles. The summed E-state index contributed by atoms with van der Waals surface area (Å²) in [4.78, 5) is 16.4. The van der Waals surface area contributed by atoms with Crippen molar-refractivity contribution in [2.24, 2.45) is 0 Å². The summed E-state index contributed by atoms with van der Waals surface area (Å²) in [6, 6.07) is 16.9. The maximum absolute atomic E-state index is 12.4. The molecule has 0 radical (unpaired) electrons. The Bertz CT molecular complexity index is 1080. The topological polar surface area (TPSA) is 100 Å². The molecule has 2 aromatic carbocycles. The van der Waals surface area contributed by atoms with Crippen molar-refractivity contribution in [1.29, 1.82) is 0 Å². The molecule has 0 aliphatic carbocycles. The summed E-state index contributed by atoms with van der Waals surface area (Å²) >= 11 is 12.0. The summed E-state index contributed by atoms with van der Waals surface area (Å²) in [7, 11) is 0. The molecule has 8 heteroatoms. The van der Waals surface area contributed by atoms with Crippen molar-refractivity contribution >= 4 is 34.9 Å². The Morgan fingerprint density at radius 3 is 2.58 bits per heavy atom. The lowest BCUT2D eigenvalue weighted by Gasteiger charge is -2.18. The first-order valence-corrected chi connectivity index (χ1v) is 11.5. The standard InChI is InChI=1S/C25H28Cl2N4O2/c1-16(29-15-23(32)20-6-8-24(28)30-14-20)9-17-3-2-4-18(10-17)12-25(33)31-13-19-5-7-21(26)22(27)11-19/h2-8,10-11,14,16,23,29,32H,9,12-13,15H2,1H3,(H2,28,30)(H,31,33)/t16-,23-/m1/s1. The van der Waals surface area contributed by atoms with Crippen molar-refractivity contribution < 1.29 is 9.90 Å². The molecule has 5 N–H and O–H groups in total. The van der Waals surface area contributed by atoms with Crippen LogP contribution >= 0.6 is 23.2 Å². The fraction of sp³-hybridized carbons (Fsp3) is 0.280. The molecule has 6 nitrogen and oxygen atoms in total. The molecule has 33 heavy (non-hydrogen) atoms. The molecule has 0 bridgehead atoms. The molecule has 2 atom stereocenters. The molecule has 1 heterocycles. The Morgan fingerprint density at radius 1 is 1.06 bits per heavy atom. The average molecular weight is 487 g/mol. The van der Waals surface area contributed by atoms with Gasteiger partial charge in [-0.05, 0) is 48.2 Å². The molecule has 0 aliphatic rings. The van der Waals surface area contributed by atoms with Gasteiger partial charge in [0.2, 0.25) is 5.91 Å². The first-order valence-electron chi connectivity index (χ1n) is 10.7. The quantitative estimate of drug-likeness (QED) is 0.345. The monoisotopic (exact) mass is 486 g/mol. The third-order valence-electron chi connectivity index (χ3n) is 5.23. The highest BCUT2D eigenvalue weighted by molar-refractivity contribution is 6.42. The van der Waals surface area contributed by atoms with Crippen LogP contribution in [0, 0.1) is 0 Å². The summed E-state index contributed by atoms with van der Waals surface area (Å²) in [6.07, 6.45) is 1.99. The normalized spacial score (nSPS) is 12.8. The summed E-state index contributed by atoms with van der Waals surface area (Å²) in [5, 5.41) is 17.5. The number of benzene rings is 2. The number of hydrogen-bond donors (Lipinski definition) is 4. The number of carbonyl (C=O) groups excluding carboxylic acids is 1. The Hall–Kier alpha value is -2.64. The van der Waals surface area contributed by atoms with E-state index in [2.05, 4.69) is 22.5 Å². The number of rotatable bonds is 10. The number of halogens is 2. The number of nitrogens with zero attached hydrogens (tertiary/aromatic N) is 1. The van der Waals surface area contributed by atoms with E-state index in [4.69, 9.17) is 28.9 Å². The van der Waals surface area contributed by atoms with E-state index in [9.17, 15) is 9.90 Å². The van der Waals surface area contributed by atoms with Crippen LogP contribution in [0.4, 0.5) is 5.82 Å². The van der Waals surface area contributed by atoms with E-state index < -0.39 is 6.10 Å². The predicted molar refractivity (Wildman–Crippen MR) is 133 cm³/mol. The van der Waals surface area contributed by atoms with E-state index in [-0.39, 0.29) is 11.9 Å². The number of amides is 1. The van der Waals surface area contributed by atoms with Crippen LogP contribution in [-0.2, 0) is 24.2 Å². The number of aliphatic hydroxyl groups excluding tert-OH is 1. The zero-order valence-electron chi connectivity index (χ0n) is 18.4. The van der Waals surface area contributed by atoms with Crippen LogP contribution in [0.3, 0.4) is 0 Å². The molecule has 0 fully saturated rings. The van der Waals surface area contributed by atoms with Crippen LogP contribution in [-0.4, -0.2) is 28.6 Å². The first-order chi connectivity index (χ1) is 15.8. The number of nitrogens with two attached hydrogens (primary N) is 1. The van der Waals surface area contributed by atoms with Crippen molar-refractivity contribution in [2.75, 3.05) is 12.3 Å². The number of nitrogens with one attached hydrogen (secondary N) is 2. The highest BCUT2D eigenvalue weighted by Crippen LogP contribution is 2.22. The third kappa shape index (κ3) is 8.02. The average Bonchev–Trinajstić information content (AvgIpc) is 2.79. The van der Waals surface area contributed by atoms with E-state index >= 15 is 0 Å². The fourth-order valence-corrected chi connectivity index (χ4v) is 3.76. The van der Waals surface area contributed by atoms with Crippen LogP contribution < -0.4 is 16.4 Å². The number of pyridine rings is 1. The van der Waals surface area contributed by atoms with Crippen LogP contribution in [0.15, 0.2) is 60.8 Å². The van der Waals surface area contributed by atoms with Gasteiger partial charge < -0.3 is 21.5 Å². The number of hydrogen-bond acceptors (Lipinski definition) is 5. The minimum Gasteiger partial charge on any atom is -0.387 e. The van der Waals surface area contributed by atoms with E-state index in [1.54, 1.807) is 30.5 Å². The number of aliphatic hydroxyl groups is 1. The second kappa shape index (κ2) is 12.0.